The van der Waals surface area contributed by atoms with Crippen LogP contribution in [0, 0.1) is 0 Å². The molecule has 0 saturated carbocycles. The molecule has 1 aliphatic rings. The fourth-order valence-electron chi connectivity index (χ4n) is 4.69. The number of amides is 2. The Hall–Kier alpha value is -5.09. The number of fused-ring (bicyclic) bond motifs is 1. The highest BCUT2D eigenvalue weighted by Crippen LogP contribution is 2.30. The van der Waals surface area contributed by atoms with E-state index in [-0.39, 0.29) is 11.8 Å². The molecule has 0 radical (unpaired) electrons. The number of benzene rings is 2. The molecular formula is C31H28N6O4. The largest absolute Gasteiger partial charge is 0.464 e. The normalized spacial score (nSPS) is 13.2. The molecular weight excluding hydrogens is 520 g/mol. The van der Waals surface area contributed by atoms with Crippen molar-refractivity contribution in [3.8, 4) is 22.7 Å². The number of Topliss-reactive ketones (excluding diaryl/α,β-unsaturated/α-hetero) is 1. The molecule has 5 aromatic rings. The van der Waals surface area contributed by atoms with Gasteiger partial charge in [0.05, 0.1) is 25.0 Å². The molecule has 0 unspecified atom stereocenters. The first-order chi connectivity index (χ1) is 20.0. The Balaban J connectivity index is 1.23. The van der Waals surface area contributed by atoms with E-state index in [1.165, 1.54) is 0 Å². The van der Waals surface area contributed by atoms with Crippen molar-refractivity contribution < 1.29 is 18.7 Å². The van der Waals surface area contributed by atoms with Gasteiger partial charge in [-0.05, 0) is 67.1 Å². The number of urea groups is 1. The SMILES string of the molecule is CC(=O)Cc1ccc(NC(=O)Nc2ccc(-c3nc(N4CCOCC4)c4ncc(-c5ccco5)cc4n3)cc2)cc1. The minimum absolute atomic E-state index is 0.0913. The summed E-state index contributed by atoms with van der Waals surface area (Å²) >= 11 is 0. The van der Waals surface area contributed by atoms with Crippen molar-refractivity contribution in [1.29, 1.82) is 0 Å². The van der Waals surface area contributed by atoms with Crippen LogP contribution in [-0.2, 0) is 16.0 Å². The first-order valence-electron chi connectivity index (χ1n) is 13.3. The standard InChI is InChI=1S/C31H28N6O4/c1-20(38)17-21-4-8-24(9-5-21)33-31(39)34-25-10-6-22(7-11-25)29-35-26-18-23(27-3-2-14-41-27)19-32-28(26)30(36-29)37-12-15-40-16-13-37/h2-11,14,18-19H,12-13,15-17H2,1H3,(H2,33,34,39). The summed E-state index contributed by atoms with van der Waals surface area (Å²) < 4.78 is 11.1. The maximum Gasteiger partial charge on any atom is 0.323 e. The van der Waals surface area contributed by atoms with E-state index in [4.69, 9.17) is 24.1 Å². The van der Waals surface area contributed by atoms with E-state index in [2.05, 4.69) is 15.5 Å². The molecule has 1 saturated heterocycles. The lowest BCUT2D eigenvalue weighted by Gasteiger charge is -2.28. The molecule has 6 rings (SSSR count). The number of morpholine rings is 1. The maximum atomic E-state index is 12.6. The number of nitrogens with zero attached hydrogens (tertiary/aromatic N) is 4. The van der Waals surface area contributed by atoms with Gasteiger partial charge in [0.1, 0.15) is 17.1 Å². The molecule has 206 valence electrons. The van der Waals surface area contributed by atoms with Crippen LogP contribution in [0.25, 0.3) is 33.7 Å². The predicted octanol–water partition coefficient (Wildman–Crippen LogP) is 5.56. The van der Waals surface area contributed by atoms with Gasteiger partial charge < -0.3 is 24.7 Å². The van der Waals surface area contributed by atoms with E-state index in [9.17, 15) is 9.59 Å². The van der Waals surface area contributed by atoms with Gasteiger partial charge in [0, 0.05) is 48.2 Å². The number of carbonyl (C=O) groups excluding carboxylic acids is 2. The minimum Gasteiger partial charge on any atom is -0.464 e. The Kier molecular flexibility index (Phi) is 7.38. The van der Waals surface area contributed by atoms with E-state index in [0.717, 1.165) is 28.0 Å². The van der Waals surface area contributed by atoms with Crippen LogP contribution in [0.15, 0.2) is 83.6 Å². The van der Waals surface area contributed by atoms with Gasteiger partial charge in [0.15, 0.2) is 11.6 Å². The van der Waals surface area contributed by atoms with Crippen molar-refractivity contribution in [2.24, 2.45) is 0 Å². The summed E-state index contributed by atoms with van der Waals surface area (Å²) in [5.74, 6) is 2.12. The van der Waals surface area contributed by atoms with Gasteiger partial charge in [-0.25, -0.2) is 19.7 Å². The van der Waals surface area contributed by atoms with E-state index in [1.54, 1.807) is 31.5 Å². The van der Waals surface area contributed by atoms with Crippen molar-refractivity contribution >= 4 is 40.0 Å². The second-order valence-electron chi connectivity index (χ2n) is 9.77. The van der Waals surface area contributed by atoms with Crippen LogP contribution in [0.3, 0.4) is 0 Å². The van der Waals surface area contributed by atoms with Crippen LogP contribution >= 0.6 is 0 Å². The fourth-order valence-corrected chi connectivity index (χ4v) is 4.69. The Bertz CT molecular complexity index is 1680. The van der Waals surface area contributed by atoms with Gasteiger partial charge in [-0.3, -0.25) is 4.79 Å². The van der Waals surface area contributed by atoms with Gasteiger partial charge in [-0.2, -0.15) is 0 Å². The van der Waals surface area contributed by atoms with Crippen LogP contribution in [0.4, 0.5) is 22.0 Å². The molecule has 2 N–H and O–H groups in total. The van der Waals surface area contributed by atoms with Crippen molar-refractivity contribution in [2.45, 2.75) is 13.3 Å². The number of ether oxygens (including phenoxy) is 1. The molecule has 3 aromatic heterocycles. The molecule has 10 nitrogen and oxygen atoms in total. The lowest BCUT2D eigenvalue weighted by Crippen LogP contribution is -2.37. The first-order valence-corrected chi connectivity index (χ1v) is 13.3. The molecule has 1 aliphatic heterocycles. The first kappa shape index (κ1) is 26.1. The Morgan fingerprint density at radius 1 is 0.902 bits per heavy atom. The van der Waals surface area contributed by atoms with Crippen LogP contribution in [0.2, 0.25) is 0 Å². The highest BCUT2D eigenvalue weighted by molar-refractivity contribution is 6.00. The molecule has 0 bridgehead atoms. The molecule has 2 aromatic carbocycles. The zero-order valence-electron chi connectivity index (χ0n) is 22.5. The van der Waals surface area contributed by atoms with Gasteiger partial charge in [-0.1, -0.05) is 12.1 Å². The van der Waals surface area contributed by atoms with Gasteiger partial charge >= 0.3 is 6.03 Å². The summed E-state index contributed by atoms with van der Waals surface area (Å²) in [5.41, 5.74) is 5.22. The Labute approximate surface area is 236 Å². The van der Waals surface area contributed by atoms with Crippen LogP contribution in [-0.4, -0.2) is 53.1 Å². The average molecular weight is 549 g/mol. The molecule has 10 heteroatoms. The number of hydrogen-bond donors (Lipinski definition) is 2. The molecule has 2 amide bonds. The number of carbonyl (C=O) groups is 2. The minimum atomic E-state index is -0.370. The summed E-state index contributed by atoms with van der Waals surface area (Å²) in [6, 6.07) is 19.9. The summed E-state index contributed by atoms with van der Waals surface area (Å²) in [4.78, 5) is 40.5. The number of aromatic nitrogens is 3. The third-order valence-corrected chi connectivity index (χ3v) is 6.70. The quantitative estimate of drug-likeness (QED) is 0.271. The van der Waals surface area contributed by atoms with Crippen molar-refractivity contribution in [1.82, 2.24) is 15.0 Å². The van der Waals surface area contributed by atoms with E-state index >= 15 is 0 Å². The number of pyridine rings is 1. The van der Waals surface area contributed by atoms with Crippen molar-refractivity contribution in [3.05, 3.63) is 84.8 Å². The number of nitrogens with one attached hydrogen (secondary N) is 2. The smallest absolute Gasteiger partial charge is 0.323 e. The summed E-state index contributed by atoms with van der Waals surface area (Å²) in [5, 5.41) is 5.65. The van der Waals surface area contributed by atoms with Crippen molar-refractivity contribution in [2.75, 3.05) is 41.8 Å². The number of ketones is 1. The molecule has 4 heterocycles. The summed E-state index contributed by atoms with van der Waals surface area (Å²) in [6.07, 6.45) is 3.78. The Morgan fingerprint density at radius 3 is 2.27 bits per heavy atom. The second kappa shape index (κ2) is 11.6. The predicted molar refractivity (Wildman–Crippen MR) is 157 cm³/mol. The number of anilines is 3. The van der Waals surface area contributed by atoms with E-state index < -0.39 is 0 Å². The molecule has 0 spiro atoms. The molecule has 41 heavy (non-hydrogen) atoms. The topological polar surface area (TPSA) is 122 Å². The third kappa shape index (κ3) is 6.07. The number of hydrogen-bond acceptors (Lipinski definition) is 8. The molecule has 0 aliphatic carbocycles. The molecule has 1 fully saturated rings. The summed E-state index contributed by atoms with van der Waals surface area (Å²) in [6.45, 7) is 4.22. The van der Waals surface area contributed by atoms with Gasteiger partial charge in [0.2, 0.25) is 0 Å². The van der Waals surface area contributed by atoms with Crippen LogP contribution < -0.4 is 15.5 Å². The highest BCUT2D eigenvalue weighted by Gasteiger charge is 2.20. The second-order valence-corrected chi connectivity index (χ2v) is 9.77. The zero-order valence-corrected chi connectivity index (χ0v) is 22.5. The zero-order chi connectivity index (χ0) is 28.2. The number of rotatable bonds is 7. The number of furan rings is 1. The maximum absolute atomic E-state index is 12.6. The fraction of sp³-hybridized carbons (Fsp3) is 0.194. The van der Waals surface area contributed by atoms with E-state index in [1.807, 2.05) is 54.6 Å². The van der Waals surface area contributed by atoms with Crippen LogP contribution in [0.5, 0.6) is 0 Å². The van der Waals surface area contributed by atoms with Crippen molar-refractivity contribution in [3.63, 3.8) is 0 Å². The molecule has 0 atom stereocenters. The van der Waals surface area contributed by atoms with Crippen LogP contribution in [0.1, 0.15) is 12.5 Å². The highest BCUT2D eigenvalue weighted by atomic mass is 16.5. The lowest BCUT2D eigenvalue weighted by molar-refractivity contribution is -0.116. The van der Waals surface area contributed by atoms with Gasteiger partial charge in [0.25, 0.3) is 0 Å². The Morgan fingerprint density at radius 2 is 1.61 bits per heavy atom. The summed E-state index contributed by atoms with van der Waals surface area (Å²) in [7, 11) is 0. The lowest BCUT2D eigenvalue weighted by atomic mass is 10.1. The van der Waals surface area contributed by atoms with E-state index in [0.29, 0.717) is 61.2 Å². The average Bonchev–Trinajstić information content (AvgIpc) is 3.53. The van der Waals surface area contributed by atoms with Gasteiger partial charge in [-0.15, -0.1) is 0 Å². The monoisotopic (exact) mass is 548 g/mol. The third-order valence-electron chi connectivity index (χ3n) is 6.70.